The quantitative estimate of drug-likeness (QED) is 0.673. The number of aryl methyl sites for hydroxylation is 1. The van der Waals surface area contributed by atoms with Crippen LogP contribution in [-0.4, -0.2) is 9.97 Å². The molecule has 3 heteroatoms. The summed E-state index contributed by atoms with van der Waals surface area (Å²) in [6.07, 6.45) is 2.69. The Balaban J connectivity index is 2.92. The van der Waals surface area contributed by atoms with Crippen molar-refractivity contribution in [1.29, 1.82) is 0 Å². The second kappa shape index (κ2) is 2.66. The van der Waals surface area contributed by atoms with E-state index in [0.717, 1.165) is 17.9 Å². The average molecular weight is 153 g/mol. The van der Waals surface area contributed by atoms with Crippen molar-refractivity contribution < 1.29 is 0 Å². The van der Waals surface area contributed by atoms with Gasteiger partial charge in [0.2, 0.25) is 0 Å². The highest BCUT2D eigenvalue weighted by Gasteiger charge is 2.21. The van der Waals surface area contributed by atoms with Crippen LogP contribution in [0.25, 0.3) is 0 Å². The molecule has 1 rings (SSSR count). The van der Waals surface area contributed by atoms with E-state index in [2.05, 4.69) is 16.9 Å². The molecule has 0 saturated heterocycles. The molecule has 0 aromatic carbocycles. The topological polar surface area (TPSA) is 54.7 Å². The van der Waals surface area contributed by atoms with Gasteiger partial charge in [-0.05, 0) is 20.3 Å². The molecule has 0 radical (unpaired) electrons. The molecule has 3 N–H and O–H groups in total. The molecule has 62 valence electrons. The molecule has 1 heterocycles. The molecule has 1 aromatic heterocycles. The van der Waals surface area contributed by atoms with Crippen LogP contribution in [0.1, 0.15) is 31.8 Å². The van der Waals surface area contributed by atoms with Gasteiger partial charge in [0.15, 0.2) is 0 Å². The Bertz CT molecular complexity index is 237. The van der Waals surface area contributed by atoms with Gasteiger partial charge < -0.3 is 10.7 Å². The lowest BCUT2D eigenvalue weighted by Gasteiger charge is -2.19. The van der Waals surface area contributed by atoms with Crippen LogP contribution >= 0.6 is 0 Å². The Labute approximate surface area is 67.0 Å². The van der Waals surface area contributed by atoms with Crippen LogP contribution < -0.4 is 5.73 Å². The van der Waals surface area contributed by atoms with E-state index in [1.807, 2.05) is 13.8 Å². The van der Waals surface area contributed by atoms with Crippen LogP contribution in [0.2, 0.25) is 0 Å². The largest absolute Gasteiger partial charge is 0.345 e. The molecular weight excluding hydrogens is 138 g/mol. The lowest BCUT2D eigenvalue weighted by Crippen LogP contribution is -2.33. The van der Waals surface area contributed by atoms with Crippen LogP contribution in [-0.2, 0) is 5.54 Å². The second-order valence-corrected chi connectivity index (χ2v) is 3.19. The molecule has 0 amide bonds. The summed E-state index contributed by atoms with van der Waals surface area (Å²) >= 11 is 0. The maximum atomic E-state index is 5.96. The monoisotopic (exact) mass is 153 g/mol. The predicted octanol–water partition coefficient (Wildman–Crippen LogP) is 1.30. The van der Waals surface area contributed by atoms with Crippen LogP contribution in [0.5, 0.6) is 0 Å². The van der Waals surface area contributed by atoms with Gasteiger partial charge in [-0.1, -0.05) is 6.92 Å². The normalized spacial score (nSPS) is 16.4. The summed E-state index contributed by atoms with van der Waals surface area (Å²) in [7, 11) is 0. The summed E-state index contributed by atoms with van der Waals surface area (Å²) in [6.45, 7) is 6.01. The third-order valence-corrected chi connectivity index (χ3v) is 1.98. The van der Waals surface area contributed by atoms with Crippen molar-refractivity contribution in [3.8, 4) is 0 Å². The standard InChI is InChI=1S/C8H15N3/c1-4-8(3,9)7-10-5-6(2)11-7/h5H,4,9H2,1-3H3,(H,10,11). The van der Waals surface area contributed by atoms with Crippen LogP contribution in [0, 0.1) is 6.92 Å². The van der Waals surface area contributed by atoms with E-state index in [1.54, 1.807) is 6.20 Å². The number of aromatic amines is 1. The minimum absolute atomic E-state index is 0.311. The van der Waals surface area contributed by atoms with Gasteiger partial charge in [0.05, 0.1) is 5.54 Å². The number of hydrogen-bond donors (Lipinski definition) is 2. The SMILES string of the molecule is CCC(C)(N)c1ncc(C)[nH]1. The molecule has 0 fully saturated rings. The number of hydrogen-bond acceptors (Lipinski definition) is 2. The van der Waals surface area contributed by atoms with Crippen molar-refractivity contribution in [2.45, 2.75) is 32.7 Å². The zero-order chi connectivity index (χ0) is 8.48. The van der Waals surface area contributed by atoms with E-state index < -0.39 is 0 Å². The van der Waals surface area contributed by atoms with Crippen molar-refractivity contribution >= 4 is 0 Å². The third kappa shape index (κ3) is 1.60. The average Bonchev–Trinajstić information content (AvgIpc) is 2.36. The highest BCUT2D eigenvalue weighted by molar-refractivity contribution is 5.07. The lowest BCUT2D eigenvalue weighted by atomic mass is 10.0. The first-order chi connectivity index (χ1) is 5.06. The molecular formula is C8H15N3. The van der Waals surface area contributed by atoms with Gasteiger partial charge in [-0.25, -0.2) is 4.98 Å². The van der Waals surface area contributed by atoms with Gasteiger partial charge in [0.25, 0.3) is 0 Å². The predicted molar refractivity (Wildman–Crippen MR) is 45.2 cm³/mol. The molecule has 0 spiro atoms. The van der Waals surface area contributed by atoms with Crippen molar-refractivity contribution in [3.63, 3.8) is 0 Å². The maximum absolute atomic E-state index is 5.96. The molecule has 0 bridgehead atoms. The van der Waals surface area contributed by atoms with E-state index in [1.165, 1.54) is 0 Å². The number of H-pyrrole nitrogens is 1. The summed E-state index contributed by atoms with van der Waals surface area (Å²) in [5.41, 5.74) is 6.71. The van der Waals surface area contributed by atoms with Gasteiger partial charge in [-0.3, -0.25) is 0 Å². The summed E-state index contributed by atoms with van der Waals surface area (Å²) in [4.78, 5) is 7.31. The number of nitrogens with one attached hydrogen (secondary N) is 1. The molecule has 11 heavy (non-hydrogen) atoms. The fraction of sp³-hybridized carbons (Fsp3) is 0.625. The first kappa shape index (κ1) is 8.27. The van der Waals surface area contributed by atoms with E-state index in [-0.39, 0.29) is 5.54 Å². The third-order valence-electron chi connectivity index (χ3n) is 1.98. The zero-order valence-corrected chi connectivity index (χ0v) is 7.31. The van der Waals surface area contributed by atoms with Crippen LogP contribution in [0.15, 0.2) is 6.20 Å². The number of aromatic nitrogens is 2. The fourth-order valence-electron chi connectivity index (χ4n) is 0.870. The zero-order valence-electron chi connectivity index (χ0n) is 7.31. The first-order valence-electron chi connectivity index (χ1n) is 3.87. The van der Waals surface area contributed by atoms with Crippen molar-refractivity contribution in [3.05, 3.63) is 17.7 Å². The van der Waals surface area contributed by atoms with E-state index in [0.29, 0.717) is 0 Å². The van der Waals surface area contributed by atoms with Gasteiger partial charge in [-0.15, -0.1) is 0 Å². The van der Waals surface area contributed by atoms with Crippen molar-refractivity contribution in [2.24, 2.45) is 5.73 Å². The molecule has 0 aliphatic rings. The summed E-state index contributed by atoms with van der Waals surface area (Å²) < 4.78 is 0. The Morgan fingerprint density at radius 3 is 2.73 bits per heavy atom. The molecule has 0 aliphatic carbocycles. The summed E-state index contributed by atoms with van der Waals surface area (Å²) in [5.74, 6) is 0.873. The van der Waals surface area contributed by atoms with Crippen LogP contribution in [0.4, 0.5) is 0 Å². The lowest BCUT2D eigenvalue weighted by molar-refractivity contribution is 0.449. The second-order valence-electron chi connectivity index (χ2n) is 3.19. The molecule has 1 aromatic rings. The van der Waals surface area contributed by atoms with E-state index in [9.17, 15) is 0 Å². The molecule has 1 unspecified atom stereocenters. The van der Waals surface area contributed by atoms with Crippen LogP contribution in [0.3, 0.4) is 0 Å². The van der Waals surface area contributed by atoms with E-state index >= 15 is 0 Å². The van der Waals surface area contributed by atoms with Crippen molar-refractivity contribution in [2.75, 3.05) is 0 Å². The number of imidazole rings is 1. The Morgan fingerprint density at radius 1 is 1.73 bits per heavy atom. The molecule has 0 saturated carbocycles. The van der Waals surface area contributed by atoms with Crippen molar-refractivity contribution in [1.82, 2.24) is 9.97 Å². The minimum atomic E-state index is -0.311. The number of nitrogens with zero attached hydrogens (tertiary/aromatic N) is 1. The first-order valence-corrected chi connectivity index (χ1v) is 3.87. The molecule has 0 aliphatic heterocycles. The Morgan fingerprint density at radius 2 is 2.36 bits per heavy atom. The van der Waals surface area contributed by atoms with E-state index in [4.69, 9.17) is 5.73 Å². The molecule has 1 atom stereocenters. The number of nitrogens with two attached hydrogens (primary N) is 1. The summed E-state index contributed by atoms with van der Waals surface area (Å²) in [5, 5.41) is 0. The summed E-state index contributed by atoms with van der Waals surface area (Å²) in [6, 6.07) is 0. The molecule has 3 nitrogen and oxygen atoms in total. The van der Waals surface area contributed by atoms with Gasteiger partial charge in [0, 0.05) is 11.9 Å². The Kier molecular flexibility index (Phi) is 2.00. The van der Waals surface area contributed by atoms with Gasteiger partial charge in [-0.2, -0.15) is 0 Å². The Hall–Kier alpha value is -0.830. The smallest absolute Gasteiger partial charge is 0.126 e. The number of rotatable bonds is 2. The fourth-order valence-corrected chi connectivity index (χ4v) is 0.870. The maximum Gasteiger partial charge on any atom is 0.126 e. The highest BCUT2D eigenvalue weighted by Crippen LogP contribution is 2.17. The minimum Gasteiger partial charge on any atom is -0.345 e. The highest BCUT2D eigenvalue weighted by atomic mass is 15.0. The van der Waals surface area contributed by atoms with Gasteiger partial charge in [0.1, 0.15) is 5.82 Å². The van der Waals surface area contributed by atoms with Gasteiger partial charge >= 0.3 is 0 Å².